The van der Waals surface area contributed by atoms with Crippen molar-refractivity contribution in [1.29, 1.82) is 0 Å². The lowest BCUT2D eigenvalue weighted by Gasteiger charge is -2.06. The van der Waals surface area contributed by atoms with E-state index in [-0.39, 0.29) is 18.9 Å². The first-order chi connectivity index (χ1) is 6.13. The van der Waals surface area contributed by atoms with Gasteiger partial charge in [0.15, 0.2) is 0 Å². The third-order valence-electron chi connectivity index (χ3n) is 1.62. The quantitative estimate of drug-likeness (QED) is 0.829. The number of aliphatic carboxylic acids is 1. The van der Waals surface area contributed by atoms with Gasteiger partial charge in [-0.3, -0.25) is 4.79 Å². The van der Waals surface area contributed by atoms with Gasteiger partial charge in [-0.2, -0.15) is 0 Å². The fourth-order valence-corrected chi connectivity index (χ4v) is 1.27. The number of halogens is 1. The molecule has 1 aromatic rings. The first-order valence-electron chi connectivity index (χ1n) is 3.66. The summed E-state index contributed by atoms with van der Waals surface area (Å²) in [5, 5.41) is 8.56. The second-order valence-corrected chi connectivity index (χ2v) is 3.23. The Morgan fingerprint density at radius 3 is 2.92 bits per heavy atom. The van der Waals surface area contributed by atoms with Crippen LogP contribution in [0.4, 0.5) is 0 Å². The number of carbonyl (C=O) groups is 1. The lowest BCUT2D eigenvalue weighted by molar-refractivity contribution is -0.137. The highest BCUT2D eigenvalue weighted by atomic mass is 79.9. The number of carboxylic acids is 1. The monoisotopic (exact) mass is 248 g/mol. The molecular formula is C7H9BrN2O3. The molecule has 1 aromatic heterocycles. The van der Waals surface area contributed by atoms with Gasteiger partial charge in [0, 0.05) is 28.4 Å². The first kappa shape index (κ1) is 10.2. The number of hydrogen-bond acceptors (Lipinski definition) is 4. The summed E-state index contributed by atoms with van der Waals surface area (Å²) in [6, 6.07) is 0. The summed E-state index contributed by atoms with van der Waals surface area (Å²) in [5.74, 6) is -1.18. The van der Waals surface area contributed by atoms with E-state index in [0.29, 0.717) is 10.5 Å². The molecule has 0 aliphatic rings. The number of carboxylic acid groups (broad SMARTS) is 1. The van der Waals surface area contributed by atoms with Crippen molar-refractivity contribution in [2.75, 3.05) is 6.54 Å². The van der Waals surface area contributed by atoms with Crippen molar-refractivity contribution < 1.29 is 14.3 Å². The molecule has 0 bridgehead atoms. The maximum absolute atomic E-state index is 10.4. The summed E-state index contributed by atoms with van der Waals surface area (Å²) in [4.78, 5) is 14.7. The average molecular weight is 249 g/mol. The zero-order valence-corrected chi connectivity index (χ0v) is 8.32. The maximum atomic E-state index is 10.4. The molecule has 0 amide bonds. The second-order valence-electron chi connectivity index (χ2n) is 2.56. The third-order valence-corrected chi connectivity index (χ3v) is 1.98. The Balaban J connectivity index is 2.72. The highest BCUT2D eigenvalue weighted by Crippen LogP contribution is 2.19. The maximum Gasteiger partial charge on any atom is 0.304 e. The molecule has 1 heterocycles. The Morgan fingerprint density at radius 2 is 2.54 bits per heavy atom. The van der Waals surface area contributed by atoms with E-state index < -0.39 is 5.97 Å². The van der Waals surface area contributed by atoms with Crippen LogP contribution in [0, 0.1) is 0 Å². The number of oxazole rings is 1. The minimum absolute atomic E-state index is 0.0323. The number of rotatable bonds is 4. The zero-order chi connectivity index (χ0) is 9.84. The van der Waals surface area contributed by atoms with Crippen LogP contribution in [0.1, 0.15) is 18.0 Å². The molecule has 0 aliphatic heterocycles. The fraction of sp³-hybridized carbons (Fsp3) is 0.429. The summed E-state index contributed by atoms with van der Waals surface area (Å²) in [7, 11) is 0. The number of nitrogens with two attached hydrogens (primary N) is 1. The molecule has 0 saturated carbocycles. The average Bonchev–Trinajstić information content (AvgIpc) is 2.47. The van der Waals surface area contributed by atoms with Gasteiger partial charge in [0.25, 0.3) is 4.80 Å². The predicted octanol–water partition coefficient (Wildman–Crippen LogP) is 0.954. The van der Waals surface area contributed by atoms with Gasteiger partial charge < -0.3 is 15.3 Å². The van der Waals surface area contributed by atoms with Crippen molar-refractivity contribution in [3.8, 4) is 0 Å². The van der Waals surface area contributed by atoms with E-state index in [9.17, 15) is 4.79 Å². The summed E-state index contributed by atoms with van der Waals surface area (Å²) in [5.41, 5.74) is 5.97. The molecule has 0 saturated heterocycles. The summed E-state index contributed by atoms with van der Waals surface area (Å²) >= 11 is 3.03. The van der Waals surface area contributed by atoms with Gasteiger partial charge in [0.1, 0.15) is 6.26 Å². The summed E-state index contributed by atoms with van der Waals surface area (Å²) in [6.45, 7) is 0.241. The van der Waals surface area contributed by atoms with Gasteiger partial charge in [-0.15, -0.1) is 0 Å². The van der Waals surface area contributed by atoms with E-state index in [2.05, 4.69) is 20.9 Å². The SMILES string of the molecule is NCC(CC(=O)O)c1coc(Br)n1. The Kier molecular flexibility index (Phi) is 3.44. The molecule has 5 nitrogen and oxygen atoms in total. The highest BCUT2D eigenvalue weighted by molar-refractivity contribution is 9.10. The van der Waals surface area contributed by atoms with E-state index in [0.717, 1.165) is 0 Å². The normalized spacial score (nSPS) is 12.8. The van der Waals surface area contributed by atoms with Crippen LogP contribution in [-0.2, 0) is 4.79 Å². The molecule has 0 aromatic carbocycles. The molecule has 0 radical (unpaired) electrons. The highest BCUT2D eigenvalue weighted by Gasteiger charge is 2.17. The topological polar surface area (TPSA) is 89.4 Å². The van der Waals surface area contributed by atoms with Crippen molar-refractivity contribution in [2.24, 2.45) is 5.73 Å². The molecule has 0 spiro atoms. The summed E-state index contributed by atoms with van der Waals surface area (Å²) in [6.07, 6.45) is 1.38. The van der Waals surface area contributed by atoms with Crippen LogP contribution < -0.4 is 5.73 Å². The van der Waals surface area contributed by atoms with Crippen LogP contribution in [0.2, 0.25) is 0 Å². The van der Waals surface area contributed by atoms with E-state index in [1.807, 2.05) is 0 Å². The minimum Gasteiger partial charge on any atom is -0.481 e. The summed E-state index contributed by atoms with van der Waals surface area (Å²) < 4.78 is 4.89. The first-order valence-corrected chi connectivity index (χ1v) is 4.45. The molecule has 0 aliphatic carbocycles. The zero-order valence-electron chi connectivity index (χ0n) is 6.74. The van der Waals surface area contributed by atoms with Gasteiger partial charge in [0.2, 0.25) is 0 Å². The van der Waals surface area contributed by atoms with Crippen LogP contribution in [0.3, 0.4) is 0 Å². The molecule has 6 heteroatoms. The molecule has 3 N–H and O–H groups in total. The Labute approximate surface area is 83.1 Å². The minimum atomic E-state index is -0.894. The van der Waals surface area contributed by atoms with E-state index in [1.54, 1.807) is 0 Å². The van der Waals surface area contributed by atoms with Crippen molar-refractivity contribution >= 4 is 21.9 Å². The van der Waals surface area contributed by atoms with Gasteiger partial charge in [-0.05, 0) is 0 Å². The second kappa shape index (κ2) is 4.38. The number of aromatic nitrogens is 1. The Bertz CT molecular complexity index is 300. The van der Waals surface area contributed by atoms with E-state index in [4.69, 9.17) is 15.3 Å². The van der Waals surface area contributed by atoms with Gasteiger partial charge >= 0.3 is 5.97 Å². The lowest BCUT2D eigenvalue weighted by Crippen LogP contribution is -2.16. The van der Waals surface area contributed by atoms with Crippen molar-refractivity contribution in [1.82, 2.24) is 4.98 Å². The van der Waals surface area contributed by atoms with Gasteiger partial charge in [-0.1, -0.05) is 0 Å². The smallest absolute Gasteiger partial charge is 0.304 e. The molecule has 1 rings (SSSR count). The van der Waals surface area contributed by atoms with Gasteiger partial charge in [-0.25, -0.2) is 4.98 Å². The van der Waals surface area contributed by atoms with E-state index in [1.165, 1.54) is 6.26 Å². The van der Waals surface area contributed by atoms with Crippen LogP contribution in [0.15, 0.2) is 15.5 Å². The lowest BCUT2D eigenvalue weighted by atomic mass is 10.0. The van der Waals surface area contributed by atoms with Crippen LogP contribution in [0.5, 0.6) is 0 Å². The molecule has 1 unspecified atom stereocenters. The predicted molar refractivity (Wildman–Crippen MR) is 48.3 cm³/mol. The number of nitrogens with zero attached hydrogens (tertiary/aromatic N) is 1. The molecule has 13 heavy (non-hydrogen) atoms. The van der Waals surface area contributed by atoms with Gasteiger partial charge in [0.05, 0.1) is 12.1 Å². The largest absolute Gasteiger partial charge is 0.481 e. The molecule has 72 valence electrons. The van der Waals surface area contributed by atoms with Crippen molar-refractivity contribution in [3.63, 3.8) is 0 Å². The van der Waals surface area contributed by atoms with Crippen molar-refractivity contribution in [3.05, 3.63) is 16.8 Å². The van der Waals surface area contributed by atoms with E-state index >= 15 is 0 Å². The Morgan fingerprint density at radius 1 is 1.85 bits per heavy atom. The Hall–Kier alpha value is -0.880. The molecule has 0 fully saturated rings. The fourth-order valence-electron chi connectivity index (χ4n) is 0.970. The third kappa shape index (κ3) is 2.82. The standard InChI is InChI=1S/C7H9BrN2O3/c8-7-10-5(3-13-7)4(2-9)1-6(11)12/h3-4H,1-2,9H2,(H,11,12). The number of hydrogen-bond donors (Lipinski definition) is 2. The van der Waals surface area contributed by atoms with Crippen molar-refractivity contribution in [2.45, 2.75) is 12.3 Å². The van der Waals surface area contributed by atoms with Crippen LogP contribution in [-0.4, -0.2) is 22.6 Å². The molecular weight excluding hydrogens is 240 g/mol. The van der Waals surface area contributed by atoms with Crippen LogP contribution >= 0.6 is 15.9 Å². The van der Waals surface area contributed by atoms with Crippen LogP contribution in [0.25, 0.3) is 0 Å². The molecule has 1 atom stereocenters.